The molecule has 13 heteroatoms. The molecule has 0 unspecified atom stereocenters. The van der Waals surface area contributed by atoms with Crippen LogP contribution in [0, 0.1) is 13.8 Å². The van der Waals surface area contributed by atoms with Crippen molar-refractivity contribution in [1.82, 2.24) is 40.1 Å². The third-order valence-corrected chi connectivity index (χ3v) is 5.52. The third kappa shape index (κ3) is 3.94. The maximum absolute atomic E-state index is 5.92. The molecule has 0 saturated heterocycles. The van der Waals surface area contributed by atoms with Crippen molar-refractivity contribution in [2.45, 2.75) is 31.4 Å². The fourth-order valence-corrected chi connectivity index (χ4v) is 3.80. The van der Waals surface area contributed by atoms with Crippen LogP contribution in [0.3, 0.4) is 0 Å². The molecule has 4 aromatic rings. The SMILES string of the molecule is Cc1ncc(Cn2cc(CSc3nnc(-c4sc(N)nc4C)o3)nn2)c(N)n1. The van der Waals surface area contributed by atoms with Gasteiger partial charge in [0.15, 0.2) is 5.13 Å². The first-order valence-corrected chi connectivity index (χ1v) is 9.94. The van der Waals surface area contributed by atoms with Crippen molar-refractivity contribution in [3.63, 3.8) is 0 Å². The number of nitrogens with two attached hydrogens (primary N) is 2. The van der Waals surface area contributed by atoms with Crippen molar-refractivity contribution in [3.8, 4) is 10.8 Å². The zero-order chi connectivity index (χ0) is 19.7. The molecular weight excluding hydrogens is 400 g/mol. The van der Waals surface area contributed by atoms with Crippen molar-refractivity contribution in [2.24, 2.45) is 0 Å². The van der Waals surface area contributed by atoms with Gasteiger partial charge in [0.2, 0.25) is 0 Å². The standard InChI is InChI=1S/C15H16N10OS2/c1-7-11(28-14(17)19-7)13-22-23-15(26-13)27-6-10-5-25(24-21-10)4-9-3-18-8(2)20-12(9)16/h3,5H,4,6H2,1-2H3,(H2,17,19)(H2,16,18,20). The molecule has 0 saturated carbocycles. The molecule has 0 aliphatic carbocycles. The summed E-state index contributed by atoms with van der Waals surface area (Å²) in [5.74, 6) is 2.02. The van der Waals surface area contributed by atoms with Gasteiger partial charge in [-0.05, 0) is 13.8 Å². The van der Waals surface area contributed by atoms with Crippen LogP contribution >= 0.6 is 23.1 Å². The molecule has 4 heterocycles. The van der Waals surface area contributed by atoms with E-state index in [0.29, 0.717) is 40.2 Å². The zero-order valence-corrected chi connectivity index (χ0v) is 16.7. The van der Waals surface area contributed by atoms with Gasteiger partial charge in [-0.15, -0.1) is 15.3 Å². The second-order valence-corrected chi connectivity index (χ2v) is 7.82. The summed E-state index contributed by atoms with van der Waals surface area (Å²) in [6, 6.07) is 0. The van der Waals surface area contributed by atoms with Gasteiger partial charge in [-0.1, -0.05) is 28.3 Å². The van der Waals surface area contributed by atoms with E-state index in [4.69, 9.17) is 15.9 Å². The molecule has 4 rings (SSSR count). The summed E-state index contributed by atoms with van der Waals surface area (Å²) in [7, 11) is 0. The van der Waals surface area contributed by atoms with E-state index < -0.39 is 0 Å². The Kier molecular flexibility index (Phi) is 4.92. The Hall–Kier alpha value is -3.06. The highest BCUT2D eigenvalue weighted by atomic mass is 32.2. The molecule has 28 heavy (non-hydrogen) atoms. The van der Waals surface area contributed by atoms with E-state index in [2.05, 4.69) is 35.5 Å². The lowest BCUT2D eigenvalue weighted by Crippen LogP contribution is -2.07. The molecule has 0 bridgehead atoms. The Bertz CT molecular complexity index is 1120. The lowest BCUT2D eigenvalue weighted by molar-refractivity contribution is 0.466. The molecule has 144 valence electrons. The van der Waals surface area contributed by atoms with Crippen LogP contribution in [-0.2, 0) is 12.3 Å². The van der Waals surface area contributed by atoms with E-state index in [9.17, 15) is 0 Å². The first kappa shape index (κ1) is 18.3. The van der Waals surface area contributed by atoms with Gasteiger partial charge in [0.1, 0.15) is 16.5 Å². The van der Waals surface area contributed by atoms with E-state index >= 15 is 0 Å². The maximum Gasteiger partial charge on any atom is 0.277 e. The normalized spacial score (nSPS) is 11.2. The van der Waals surface area contributed by atoms with Gasteiger partial charge in [0, 0.05) is 23.7 Å². The number of thiazole rings is 1. The minimum atomic E-state index is 0.410. The van der Waals surface area contributed by atoms with E-state index in [1.54, 1.807) is 17.8 Å². The monoisotopic (exact) mass is 416 g/mol. The highest BCUT2D eigenvalue weighted by Crippen LogP contribution is 2.32. The van der Waals surface area contributed by atoms with Crippen LogP contribution in [-0.4, -0.2) is 40.1 Å². The van der Waals surface area contributed by atoms with Crippen molar-refractivity contribution in [2.75, 3.05) is 11.5 Å². The minimum Gasteiger partial charge on any atom is -0.410 e. The maximum atomic E-state index is 5.92. The molecular formula is C15H16N10OS2. The number of anilines is 2. The molecule has 0 aliphatic rings. The Morgan fingerprint density at radius 1 is 1.18 bits per heavy atom. The average molecular weight is 416 g/mol. The quantitative estimate of drug-likeness (QED) is 0.440. The number of hydrogen-bond donors (Lipinski definition) is 2. The summed E-state index contributed by atoms with van der Waals surface area (Å²) in [6.07, 6.45) is 3.53. The fourth-order valence-electron chi connectivity index (χ4n) is 2.40. The summed E-state index contributed by atoms with van der Waals surface area (Å²) in [6.45, 7) is 4.09. The Labute approximate surface area is 167 Å². The predicted octanol–water partition coefficient (Wildman–Crippen LogP) is 1.70. The molecule has 0 atom stereocenters. The average Bonchev–Trinajstić information content (AvgIpc) is 3.36. The smallest absolute Gasteiger partial charge is 0.277 e. The third-order valence-electron chi connectivity index (χ3n) is 3.69. The summed E-state index contributed by atoms with van der Waals surface area (Å²) in [5, 5.41) is 17.3. The number of thioether (sulfide) groups is 1. The summed E-state index contributed by atoms with van der Waals surface area (Å²) in [5.41, 5.74) is 14.0. The minimum absolute atomic E-state index is 0.410. The Morgan fingerprint density at radius 3 is 2.79 bits per heavy atom. The second kappa shape index (κ2) is 7.52. The van der Waals surface area contributed by atoms with E-state index in [0.717, 1.165) is 21.8 Å². The molecule has 0 radical (unpaired) electrons. The van der Waals surface area contributed by atoms with Gasteiger partial charge in [-0.2, -0.15) is 0 Å². The van der Waals surface area contributed by atoms with Crippen LogP contribution < -0.4 is 11.5 Å². The highest BCUT2D eigenvalue weighted by molar-refractivity contribution is 7.98. The molecule has 0 aromatic carbocycles. The van der Waals surface area contributed by atoms with Gasteiger partial charge in [0.05, 0.1) is 17.9 Å². The van der Waals surface area contributed by atoms with Gasteiger partial charge in [-0.25, -0.2) is 19.6 Å². The number of aromatic nitrogens is 8. The Balaban J connectivity index is 1.39. The van der Waals surface area contributed by atoms with Crippen LogP contribution in [0.4, 0.5) is 10.9 Å². The topological polar surface area (TPSA) is 160 Å². The van der Waals surface area contributed by atoms with Crippen molar-refractivity contribution in [1.29, 1.82) is 0 Å². The van der Waals surface area contributed by atoms with E-state index in [1.165, 1.54) is 23.1 Å². The first-order chi connectivity index (χ1) is 13.5. The van der Waals surface area contributed by atoms with Gasteiger partial charge >= 0.3 is 0 Å². The van der Waals surface area contributed by atoms with Crippen LogP contribution in [0.25, 0.3) is 10.8 Å². The highest BCUT2D eigenvalue weighted by Gasteiger charge is 2.16. The lowest BCUT2D eigenvalue weighted by Gasteiger charge is -2.04. The summed E-state index contributed by atoms with van der Waals surface area (Å²) in [4.78, 5) is 13.2. The largest absolute Gasteiger partial charge is 0.410 e. The summed E-state index contributed by atoms with van der Waals surface area (Å²) < 4.78 is 7.37. The van der Waals surface area contributed by atoms with Crippen molar-refractivity contribution in [3.05, 3.63) is 35.2 Å². The van der Waals surface area contributed by atoms with Crippen molar-refractivity contribution >= 4 is 34.0 Å². The molecule has 0 amide bonds. The number of hydrogen-bond acceptors (Lipinski definition) is 12. The second-order valence-electron chi connectivity index (χ2n) is 5.86. The summed E-state index contributed by atoms with van der Waals surface area (Å²) >= 11 is 2.69. The number of aryl methyl sites for hydroxylation is 2. The molecule has 11 nitrogen and oxygen atoms in total. The number of rotatable bonds is 6. The van der Waals surface area contributed by atoms with Crippen LogP contribution in [0.15, 0.2) is 22.0 Å². The molecule has 0 spiro atoms. The van der Waals surface area contributed by atoms with Gasteiger partial charge in [0.25, 0.3) is 11.1 Å². The lowest BCUT2D eigenvalue weighted by atomic mass is 10.3. The van der Waals surface area contributed by atoms with Gasteiger partial charge < -0.3 is 15.9 Å². The zero-order valence-electron chi connectivity index (χ0n) is 15.0. The number of nitrogen functional groups attached to an aromatic ring is 2. The first-order valence-electron chi connectivity index (χ1n) is 8.14. The van der Waals surface area contributed by atoms with Crippen LogP contribution in [0.1, 0.15) is 22.8 Å². The molecule has 0 aliphatic heterocycles. The number of nitrogens with zero attached hydrogens (tertiary/aromatic N) is 8. The molecule has 0 fully saturated rings. The molecule has 4 N–H and O–H groups in total. The predicted molar refractivity (Wildman–Crippen MR) is 104 cm³/mol. The fraction of sp³-hybridized carbons (Fsp3) is 0.267. The van der Waals surface area contributed by atoms with E-state index in [1.807, 2.05) is 13.1 Å². The van der Waals surface area contributed by atoms with Crippen LogP contribution in [0.2, 0.25) is 0 Å². The van der Waals surface area contributed by atoms with Gasteiger partial charge in [-0.3, -0.25) is 0 Å². The van der Waals surface area contributed by atoms with E-state index in [-0.39, 0.29) is 0 Å². The Morgan fingerprint density at radius 2 is 2.04 bits per heavy atom. The molecule has 4 aromatic heterocycles. The van der Waals surface area contributed by atoms with Crippen LogP contribution in [0.5, 0.6) is 0 Å². The van der Waals surface area contributed by atoms with Crippen molar-refractivity contribution < 1.29 is 4.42 Å².